The van der Waals surface area contributed by atoms with Crippen LogP contribution in [0.3, 0.4) is 0 Å². The highest BCUT2D eigenvalue weighted by atomic mass is 16.2. The van der Waals surface area contributed by atoms with E-state index in [1.807, 2.05) is 31.2 Å². The smallest absolute Gasteiger partial charge is 0.321 e. The van der Waals surface area contributed by atoms with Crippen LogP contribution in [0.1, 0.15) is 31.7 Å². The van der Waals surface area contributed by atoms with Crippen molar-refractivity contribution in [2.75, 3.05) is 24.5 Å². The quantitative estimate of drug-likeness (QED) is 0.785. The van der Waals surface area contributed by atoms with Crippen molar-refractivity contribution in [2.45, 2.75) is 32.6 Å². The lowest BCUT2D eigenvalue weighted by molar-refractivity contribution is -0.121. The van der Waals surface area contributed by atoms with E-state index in [-0.39, 0.29) is 24.4 Å². The molecule has 6 heteroatoms. The molecule has 1 unspecified atom stereocenters. The summed E-state index contributed by atoms with van der Waals surface area (Å²) in [5.74, 6) is 0.0259. The first-order valence-corrected chi connectivity index (χ1v) is 8.38. The van der Waals surface area contributed by atoms with Crippen LogP contribution in [0.2, 0.25) is 0 Å². The Morgan fingerprint density at radius 2 is 2.12 bits per heavy atom. The Bertz CT molecular complexity index is 624. The van der Waals surface area contributed by atoms with Gasteiger partial charge in [0.05, 0.1) is 6.07 Å². The zero-order chi connectivity index (χ0) is 17.4. The Kier molecular flexibility index (Phi) is 6.62. The molecule has 2 N–H and O–H groups in total. The Hall–Kier alpha value is -2.55. The van der Waals surface area contributed by atoms with Crippen molar-refractivity contribution in [3.8, 4) is 6.07 Å². The number of aryl methyl sites for hydroxylation is 1. The molecule has 1 aromatic rings. The molecular formula is C18H24N4O2. The Balaban J connectivity index is 1.76. The summed E-state index contributed by atoms with van der Waals surface area (Å²) < 4.78 is 0. The van der Waals surface area contributed by atoms with Crippen LogP contribution in [-0.4, -0.2) is 31.6 Å². The minimum absolute atomic E-state index is 0.0384. The molecule has 0 fully saturated rings. The molecule has 1 heterocycles. The van der Waals surface area contributed by atoms with Gasteiger partial charge in [-0.1, -0.05) is 25.1 Å². The zero-order valence-electron chi connectivity index (χ0n) is 14.0. The lowest BCUT2D eigenvalue weighted by Gasteiger charge is -2.29. The number of hydrogen-bond acceptors (Lipinski definition) is 3. The fourth-order valence-corrected chi connectivity index (χ4v) is 2.89. The summed E-state index contributed by atoms with van der Waals surface area (Å²) in [6.07, 6.45) is 3.07. The second kappa shape index (κ2) is 8.92. The Labute approximate surface area is 142 Å². The maximum Gasteiger partial charge on any atom is 0.321 e. The van der Waals surface area contributed by atoms with Crippen LogP contribution in [0.25, 0.3) is 0 Å². The number of hydrogen-bond donors (Lipinski definition) is 2. The standard InChI is InChI=1S/C18H24N4O2/c1-14(13-17(23)20-11-9-19)8-10-21-18(24)22-12-4-6-15-5-2-3-7-16(15)22/h2-3,5,7,14H,4,6,8,10-13H2,1H3,(H,20,23)(H,21,24). The van der Waals surface area contributed by atoms with Gasteiger partial charge in [0.2, 0.25) is 5.91 Å². The molecule has 1 aliphatic heterocycles. The maximum absolute atomic E-state index is 12.4. The van der Waals surface area contributed by atoms with E-state index in [1.54, 1.807) is 4.90 Å². The minimum atomic E-state index is -0.125. The van der Waals surface area contributed by atoms with E-state index in [1.165, 1.54) is 5.56 Å². The zero-order valence-corrected chi connectivity index (χ0v) is 14.0. The molecule has 0 aliphatic carbocycles. The third kappa shape index (κ3) is 4.98. The highest BCUT2D eigenvalue weighted by molar-refractivity contribution is 5.93. The number of carbonyl (C=O) groups is 2. The summed E-state index contributed by atoms with van der Waals surface area (Å²) >= 11 is 0. The van der Waals surface area contributed by atoms with E-state index in [9.17, 15) is 9.59 Å². The molecule has 0 aromatic heterocycles. The molecule has 0 spiro atoms. The van der Waals surface area contributed by atoms with Gasteiger partial charge < -0.3 is 10.6 Å². The normalized spacial score (nSPS) is 14.2. The summed E-state index contributed by atoms with van der Waals surface area (Å²) in [7, 11) is 0. The number of rotatable bonds is 6. The van der Waals surface area contributed by atoms with E-state index in [2.05, 4.69) is 16.7 Å². The van der Waals surface area contributed by atoms with Crippen molar-refractivity contribution in [1.29, 1.82) is 5.26 Å². The molecule has 3 amide bonds. The summed E-state index contributed by atoms with van der Waals surface area (Å²) in [6.45, 7) is 3.27. The van der Waals surface area contributed by atoms with Gasteiger partial charge in [-0.15, -0.1) is 0 Å². The number of amides is 3. The van der Waals surface area contributed by atoms with E-state index in [4.69, 9.17) is 5.26 Å². The topological polar surface area (TPSA) is 85.2 Å². The first-order valence-electron chi connectivity index (χ1n) is 8.38. The van der Waals surface area contributed by atoms with Gasteiger partial charge in [0.15, 0.2) is 0 Å². The van der Waals surface area contributed by atoms with Crippen molar-refractivity contribution < 1.29 is 9.59 Å². The van der Waals surface area contributed by atoms with Gasteiger partial charge in [-0.05, 0) is 36.8 Å². The first-order chi connectivity index (χ1) is 11.6. The summed E-state index contributed by atoms with van der Waals surface area (Å²) in [4.78, 5) is 25.7. The Morgan fingerprint density at radius 3 is 2.92 bits per heavy atom. The predicted molar refractivity (Wildman–Crippen MR) is 92.5 cm³/mol. The van der Waals surface area contributed by atoms with Crippen LogP contribution in [0, 0.1) is 17.2 Å². The van der Waals surface area contributed by atoms with E-state index in [0.29, 0.717) is 13.0 Å². The van der Waals surface area contributed by atoms with Crippen molar-refractivity contribution in [2.24, 2.45) is 5.92 Å². The molecule has 1 atom stereocenters. The number of nitriles is 1. The minimum Gasteiger partial charge on any atom is -0.343 e. The van der Waals surface area contributed by atoms with Crippen LogP contribution < -0.4 is 15.5 Å². The average molecular weight is 328 g/mol. The number of para-hydroxylation sites is 1. The number of nitrogens with one attached hydrogen (secondary N) is 2. The number of carbonyl (C=O) groups excluding carboxylic acids is 2. The lowest BCUT2D eigenvalue weighted by Crippen LogP contribution is -2.43. The van der Waals surface area contributed by atoms with Gasteiger partial charge >= 0.3 is 6.03 Å². The summed E-state index contributed by atoms with van der Waals surface area (Å²) in [5.41, 5.74) is 2.20. The fraction of sp³-hybridized carbons (Fsp3) is 0.500. The largest absolute Gasteiger partial charge is 0.343 e. The van der Waals surface area contributed by atoms with Crippen molar-refractivity contribution in [1.82, 2.24) is 10.6 Å². The van der Waals surface area contributed by atoms with E-state index in [0.717, 1.165) is 31.5 Å². The molecule has 0 saturated carbocycles. The highest BCUT2D eigenvalue weighted by Crippen LogP contribution is 2.26. The van der Waals surface area contributed by atoms with Crippen LogP contribution in [0.5, 0.6) is 0 Å². The van der Waals surface area contributed by atoms with Crippen LogP contribution in [0.15, 0.2) is 24.3 Å². The van der Waals surface area contributed by atoms with Gasteiger partial charge in [0.1, 0.15) is 6.54 Å². The van der Waals surface area contributed by atoms with Gasteiger partial charge in [0, 0.05) is 25.2 Å². The van der Waals surface area contributed by atoms with Gasteiger partial charge in [-0.3, -0.25) is 9.69 Å². The average Bonchev–Trinajstić information content (AvgIpc) is 2.59. The Morgan fingerprint density at radius 1 is 1.33 bits per heavy atom. The van der Waals surface area contributed by atoms with Crippen molar-refractivity contribution in [3.63, 3.8) is 0 Å². The number of anilines is 1. The number of benzene rings is 1. The second-order valence-corrected chi connectivity index (χ2v) is 6.15. The molecule has 1 aromatic carbocycles. The van der Waals surface area contributed by atoms with Crippen LogP contribution in [0.4, 0.5) is 10.5 Å². The van der Waals surface area contributed by atoms with Gasteiger partial charge in [-0.2, -0.15) is 5.26 Å². The van der Waals surface area contributed by atoms with Crippen LogP contribution in [-0.2, 0) is 11.2 Å². The third-order valence-electron chi connectivity index (χ3n) is 4.17. The third-order valence-corrected chi connectivity index (χ3v) is 4.17. The molecule has 0 saturated heterocycles. The maximum atomic E-state index is 12.4. The molecule has 1 aliphatic rings. The lowest BCUT2D eigenvalue weighted by atomic mass is 10.0. The second-order valence-electron chi connectivity index (χ2n) is 6.15. The van der Waals surface area contributed by atoms with Gasteiger partial charge in [0.25, 0.3) is 0 Å². The molecule has 2 rings (SSSR count). The molecule has 0 radical (unpaired) electrons. The van der Waals surface area contributed by atoms with Crippen molar-refractivity contribution >= 4 is 17.6 Å². The first kappa shape index (κ1) is 17.8. The predicted octanol–water partition coefficient (Wildman–Crippen LogP) is 2.20. The van der Waals surface area contributed by atoms with E-state index >= 15 is 0 Å². The highest BCUT2D eigenvalue weighted by Gasteiger charge is 2.21. The summed E-state index contributed by atoms with van der Waals surface area (Å²) in [5, 5.41) is 13.9. The molecule has 0 bridgehead atoms. The SMILES string of the molecule is CC(CCNC(=O)N1CCCc2ccccc21)CC(=O)NCC#N. The van der Waals surface area contributed by atoms with E-state index < -0.39 is 0 Å². The van der Waals surface area contributed by atoms with Crippen LogP contribution >= 0.6 is 0 Å². The number of fused-ring (bicyclic) bond motifs is 1. The number of nitrogens with zero attached hydrogens (tertiary/aromatic N) is 2. The monoisotopic (exact) mass is 328 g/mol. The molecule has 24 heavy (non-hydrogen) atoms. The number of urea groups is 1. The summed E-state index contributed by atoms with van der Waals surface area (Å²) in [6, 6.07) is 9.80. The molecule has 128 valence electrons. The molecule has 6 nitrogen and oxygen atoms in total. The van der Waals surface area contributed by atoms with Crippen molar-refractivity contribution in [3.05, 3.63) is 29.8 Å². The van der Waals surface area contributed by atoms with Gasteiger partial charge in [-0.25, -0.2) is 4.79 Å². The molecular weight excluding hydrogens is 304 g/mol. The fourth-order valence-electron chi connectivity index (χ4n) is 2.89.